The van der Waals surface area contributed by atoms with E-state index in [0.29, 0.717) is 0 Å². The maximum absolute atomic E-state index is 5.93. The smallest absolute Gasteiger partial charge is 0.135 e. The summed E-state index contributed by atoms with van der Waals surface area (Å²) in [7, 11) is 0. The molecule has 0 aliphatic heterocycles. The van der Waals surface area contributed by atoms with Gasteiger partial charge in [0.05, 0.1) is 0 Å². The maximum Gasteiger partial charge on any atom is 0.135 e. The van der Waals surface area contributed by atoms with Gasteiger partial charge in [-0.25, -0.2) is 0 Å². The van der Waals surface area contributed by atoms with Crippen LogP contribution in [0.5, 0.6) is 0 Å². The fraction of sp³-hybridized carbons (Fsp3) is 0.0833. The Morgan fingerprint density at radius 2 is 1.58 bits per heavy atom. The van der Waals surface area contributed by atoms with E-state index in [0.717, 1.165) is 29.7 Å². The molecule has 2 heteroatoms. The van der Waals surface area contributed by atoms with Crippen LogP contribution in [0.4, 0.5) is 5.69 Å². The lowest BCUT2D eigenvalue weighted by molar-refractivity contribution is 0.669. The number of hydrogen-bond donors (Lipinski definition) is 1. The molecule has 2 nitrogen and oxygen atoms in total. The van der Waals surface area contributed by atoms with Gasteiger partial charge >= 0.3 is 0 Å². The number of anilines is 1. The summed E-state index contributed by atoms with van der Waals surface area (Å²) in [5.74, 6) is 0. The molecule has 0 atom stereocenters. The minimum Gasteiger partial charge on any atom is -0.456 e. The fourth-order valence-corrected chi connectivity index (χ4v) is 3.54. The Morgan fingerprint density at radius 1 is 0.769 bits per heavy atom. The van der Waals surface area contributed by atoms with Crippen LogP contribution in [0, 0.1) is 0 Å². The average Bonchev–Trinajstić information content (AvgIpc) is 3.07. The summed E-state index contributed by atoms with van der Waals surface area (Å²) in [5, 5.41) is 5.84. The third kappa shape index (κ3) is 2.70. The number of hydrogen-bond acceptors (Lipinski definition) is 2. The van der Waals surface area contributed by atoms with Gasteiger partial charge in [0.1, 0.15) is 11.2 Å². The van der Waals surface area contributed by atoms with Gasteiger partial charge in [0.2, 0.25) is 0 Å². The zero-order valence-electron chi connectivity index (χ0n) is 14.4. The number of fused-ring (bicyclic) bond motifs is 3. The highest BCUT2D eigenvalue weighted by atomic mass is 16.3. The van der Waals surface area contributed by atoms with E-state index in [1.807, 2.05) is 12.1 Å². The van der Waals surface area contributed by atoms with Gasteiger partial charge in [-0.15, -0.1) is 0 Å². The van der Waals surface area contributed by atoms with Gasteiger partial charge in [-0.3, -0.25) is 0 Å². The summed E-state index contributed by atoms with van der Waals surface area (Å²) >= 11 is 0. The van der Waals surface area contributed by atoms with Gasteiger partial charge < -0.3 is 9.73 Å². The highest BCUT2D eigenvalue weighted by molar-refractivity contribution is 6.06. The Bertz CT molecular complexity index is 1150. The van der Waals surface area contributed by atoms with Crippen molar-refractivity contribution in [2.75, 3.05) is 5.32 Å². The SMILES string of the molecule is C1=CCCC(Nc2ccc(-c3ccc4oc5ccccc5c4c3)cc2)=C1. The van der Waals surface area contributed by atoms with Crippen LogP contribution in [0.2, 0.25) is 0 Å². The second-order valence-corrected chi connectivity index (χ2v) is 6.67. The zero-order chi connectivity index (χ0) is 17.3. The zero-order valence-corrected chi connectivity index (χ0v) is 14.4. The van der Waals surface area contributed by atoms with Crippen LogP contribution < -0.4 is 5.32 Å². The lowest BCUT2D eigenvalue weighted by atomic mass is 10.0. The third-order valence-electron chi connectivity index (χ3n) is 4.91. The molecule has 0 saturated carbocycles. The molecule has 0 fully saturated rings. The van der Waals surface area contributed by atoms with Crippen molar-refractivity contribution in [1.29, 1.82) is 0 Å². The first kappa shape index (κ1) is 15.0. The van der Waals surface area contributed by atoms with Gasteiger partial charge in [0.25, 0.3) is 0 Å². The molecular weight excluding hydrogens is 318 g/mol. The number of rotatable bonds is 3. The Kier molecular flexibility index (Phi) is 3.60. The summed E-state index contributed by atoms with van der Waals surface area (Å²) in [5.41, 5.74) is 6.69. The molecule has 0 bridgehead atoms. The van der Waals surface area contributed by atoms with Crippen LogP contribution in [0.3, 0.4) is 0 Å². The maximum atomic E-state index is 5.93. The number of allylic oxidation sites excluding steroid dienone is 4. The largest absolute Gasteiger partial charge is 0.456 e. The van der Waals surface area contributed by atoms with Crippen LogP contribution in [0.1, 0.15) is 12.8 Å². The normalized spacial score (nSPS) is 13.9. The fourth-order valence-electron chi connectivity index (χ4n) is 3.54. The molecule has 1 N–H and O–H groups in total. The quantitative estimate of drug-likeness (QED) is 0.440. The van der Waals surface area contributed by atoms with E-state index < -0.39 is 0 Å². The van der Waals surface area contributed by atoms with E-state index in [1.54, 1.807) is 0 Å². The molecule has 4 aromatic rings. The van der Waals surface area contributed by atoms with Crippen molar-refractivity contribution in [2.24, 2.45) is 0 Å². The summed E-state index contributed by atoms with van der Waals surface area (Å²) < 4.78 is 5.93. The number of furan rings is 1. The van der Waals surface area contributed by atoms with Crippen LogP contribution in [-0.4, -0.2) is 0 Å². The van der Waals surface area contributed by atoms with Gasteiger partial charge in [-0.1, -0.05) is 48.6 Å². The summed E-state index contributed by atoms with van der Waals surface area (Å²) in [4.78, 5) is 0. The second kappa shape index (κ2) is 6.23. The summed E-state index contributed by atoms with van der Waals surface area (Å²) in [6.07, 6.45) is 8.64. The Labute approximate surface area is 152 Å². The molecule has 1 aliphatic rings. The van der Waals surface area contributed by atoms with E-state index in [1.165, 1.54) is 27.6 Å². The minimum absolute atomic E-state index is 0.936. The lowest BCUT2D eigenvalue weighted by Gasteiger charge is -2.12. The molecule has 0 unspecified atom stereocenters. The van der Waals surface area contributed by atoms with Crippen molar-refractivity contribution in [1.82, 2.24) is 0 Å². The first-order chi connectivity index (χ1) is 12.9. The van der Waals surface area contributed by atoms with E-state index in [2.05, 4.69) is 78.1 Å². The minimum atomic E-state index is 0.936. The molecule has 0 amide bonds. The molecule has 0 radical (unpaired) electrons. The molecule has 126 valence electrons. The number of nitrogens with one attached hydrogen (secondary N) is 1. The van der Waals surface area contributed by atoms with Gasteiger partial charge in [-0.05, 0) is 60.4 Å². The molecule has 5 rings (SSSR count). The molecule has 0 spiro atoms. The van der Waals surface area contributed by atoms with Crippen molar-refractivity contribution in [3.05, 3.63) is 90.7 Å². The van der Waals surface area contributed by atoms with Crippen LogP contribution in [0.15, 0.2) is 95.1 Å². The second-order valence-electron chi connectivity index (χ2n) is 6.67. The molecular formula is C24H19NO. The van der Waals surface area contributed by atoms with Gasteiger partial charge in [0, 0.05) is 22.2 Å². The monoisotopic (exact) mass is 337 g/mol. The van der Waals surface area contributed by atoms with Gasteiger partial charge in [-0.2, -0.15) is 0 Å². The van der Waals surface area contributed by atoms with E-state index in [9.17, 15) is 0 Å². The van der Waals surface area contributed by atoms with Crippen LogP contribution in [-0.2, 0) is 0 Å². The Hall–Kier alpha value is -3.26. The predicted molar refractivity (Wildman–Crippen MR) is 109 cm³/mol. The van der Waals surface area contributed by atoms with E-state index in [-0.39, 0.29) is 0 Å². The lowest BCUT2D eigenvalue weighted by Crippen LogP contribution is -2.00. The standard InChI is InChI=1S/C24H19NO/c1-2-6-19(7-3-1)25-20-13-10-17(11-14-20)18-12-15-24-22(16-18)21-8-4-5-9-23(21)26-24/h1-2,4-6,8-16,25H,3,7H2. The third-order valence-corrected chi connectivity index (χ3v) is 4.91. The van der Waals surface area contributed by atoms with Crippen molar-refractivity contribution in [3.8, 4) is 11.1 Å². The summed E-state index contributed by atoms with van der Waals surface area (Å²) in [6.45, 7) is 0. The van der Waals surface area contributed by atoms with Crippen molar-refractivity contribution in [3.63, 3.8) is 0 Å². The first-order valence-electron chi connectivity index (χ1n) is 9.01. The molecule has 0 saturated heterocycles. The molecule has 26 heavy (non-hydrogen) atoms. The molecule has 3 aromatic carbocycles. The van der Waals surface area contributed by atoms with Crippen molar-refractivity contribution < 1.29 is 4.42 Å². The topological polar surface area (TPSA) is 25.2 Å². The number of benzene rings is 3. The Balaban J connectivity index is 1.48. The van der Waals surface area contributed by atoms with Crippen molar-refractivity contribution >= 4 is 27.6 Å². The van der Waals surface area contributed by atoms with E-state index >= 15 is 0 Å². The molecule has 1 heterocycles. The van der Waals surface area contributed by atoms with Crippen LogP contribution in [0.25, 0.3) is 33.1 Å². The van der Waals surface area contributed by atoms with Crippen molar-refractivity contribution in [2.45, 2.75) is 12.8 Å². The van der Waals surface area contributed by atoms with E-state index in [4.69, 9.17) is 4.42 Å². The van der Waals surface area contributed by atoms with Gasteiger partial charge in [0.15, 0.2) is 0 Å². The summed E-state index contributed by atoms with van der Waals surface area (Å²) in [6, 6.07) is 23.2. The Morgan fingerprint density at radius 3 is 2.42 bits per heavy atom. The molecule has 1 aromatic heterocycles. The first-order valence-corrected chi connectivity index (χ1v) is 9.01. The number of para-hydroxylation sites is 1. The van der Waals surface area contributed by atoms with Crippen LogP contribution >= 0.6 is 0 Å². The highest BCUT2D eigenvalue weighted by Gasteiger charge is 2.08. The average molecular weight is 337 g/mol. The molecule has 1 aliphatic carbocycles. The highest BCUT2D eigenvalue weighted by Crippen LogP contribution is 2.32. The predicted octanol–water partition coefficient (Wildman–Crippen LogP) is 6.90.